The van der Waals surface area contributed by atoms with Crippen molar-refractivity contribution in [2.24, 2.45) is 5.92 Å². The van der Waals surface area contributed by atoms with Crippen LogP contribution in [0.25, 0.3) is 0 Å². The van der Waals surface area contributed by atoms with Crippen molar-refractivity contribution in [3.05, 3.63) is 23.8 Å². The number of ether oxygens (including phenoxy) is 3. The van der Waals surface area contributed by atoms with Gasteiger partial charge in [0, 0.05) is 18.5 Å². The average Bonchev–Trinajstić information content (AvgIpc) is 3.04. The number of benzene rings is 1. The van der Waals surface area contributed by atoms with Crippen LogP contribution < -0.4 is 20.1 Å². The second-order valence-corrected chi connectivity index (χ2v) is 7.69. The van der Waals surface area contributed by atoms with Crippen molar-refractivity contribution in [2.45, 2.75) is 56.7 Å². The van der Waals surface area contributed by atoms with Gasteiger partial charge >= 0.3 is 5.97 Å². The molecule has 2 heterocycles. The monoisotopic (exact) mass is 426 g/mol. The smallest absolute Gasteiger partial charge is 0.307 e. The molecule has 0 radical (unpaired) electrons. The summed E-state index contributed by atoms with van der Waals surface area (Å²) in [5.74, 6) is 1.14. The van der Waals surface area contributed by atoms with Crippen molar-refractivity contribution in [3.8, 4) is 11.5 Å². The zero-order chi connectivity index (χ0) is 20.1. The molecule has 0 aliphatic carbocycles. The van der Waals surface area contributed by atoms with E-state index in [0.29, 0.717) is 35.9 Å². The third-order valence-electron chi connectivity index (χ3n) is 5.79. The predicted octanol–water partition coefficient (Wildman–Crippen LogP) is 2.77. The molecule has 3 atom stereocenters. The van der Waals surface area contributed by atoms with Crippen LogP contribution in [-0.4, -0.2) is 45.3 Å². The summed E-state index contributed by atoms with van der Waals surface area (Å²) < 4.78 is 15.4. The third-order valence-corrected chi connectivity index (χ3v) is 5.79. The summed E-state index contributed by atoms with van der Waals surface area (Å²) in [6, 6.07) is 6.02. The first-order chi connectivity index (χ1) is 13.5. The first-order valence-electron chi connectivity index (χ1n) is 9.86. The maximum absolute atomic E-state index is 12.7. The van der Waals surface area contributed by atoms with Gasteiger partial charge in [0.1, 0.15) is 0 Å². The van der Waals surface area contributed by atoms with Gasteiger partial charge in [-0.3, -0.25) is 9.59 Å². The quantitative estimate of drug-likeness (QED) is 0.622. The maximum Gasteiger partial charge on any atom is 0.307 e. The van der Waals surface area contributed by atoms with E-state index < -0.39 is 6.04 Å². The third kappa shape index (κ3) is 6.00. The highest BCUT2D eigenvalue weighted by Crippen LogP contribution is 2.34. The number of halogens is 1. The molecule has 8 heteroatoms. The second kappa shape index (κ2) is 10.7. The van der Waals surface area contributed by atoms with Gasteiger partial charge in [-0.25, -0.2) is 0 Å². The van der Waals surface area contributed by atoms with Crippen LogP contribution in [0.2, 0.25) is 0 Å². The largest absolute Gasteiger partial charge is 0.493 e. The molecule has 2 bridgehead atoms. The molecule has 1 amide bonds. The standard InChI is InChI=1S/C21H30N2O5.ClH/c1-26-18-7-4-14(11-19(18)27-2)17(12-21(25)28-3)23-20(24)10-13-8-15-5-6-16(9-13)22-15;/h4,7,11,13,15-17,22H,5-6,8-10,12H2,1-3H3,(H,23,24);1H. The Morgan fingerprint density at radius 2 is 1.76 bits per heavy atom. The molecule has 2 N–H and O–H groups in total. The summed E-state index contributed by atoms with van der Waals surface area (Å²) in [6.45, 7) is 0. The fourth-order valence-electron chi connectivity index (χ4n) is 4.43. The number of carbonyl (C=O) groups excluding carboxylic acids is 2. The van der Waals surface area contributed by atoms with E-state index in [2.05, 4.69) is 10.6 Å². The molecule has 162 valence electrons. The Labute approximate surface area is 178 Å². The molecule has 0 aromatic heterocycles. The van der Waals surface area contributed by atoms with Gasteiger partial charge in [-0.05, 0) is 49.3 Å². The van der Waals surface area contributed by atoms with Gasteiger partial charge in [-0.2, -0.15) is 0 Å². The molecule has 1 aromatic carbocycles. The second-order valence-electron chi connectivity index (χ2n) is 7.69. The van der Waals surface area contributed by atoms with Crippen LogP contribution in [0.3, 0.4) is 0 Å². The summed E-state index contributed by atoms with van der Waals surface area (Å²) in [4.78, 5) is 24.6. The molecule has 0 saturated carbocycles. The summed E-state index contributed by atoms with van der Waals surface area (Å²) in [5, 5.41) is 6.63. The zero-order valence-electron chi connectivity index (χ0n) is 17.2. The van der Waals surface area contributed by atoms with Crippen LogP contribution in [0.5, 0.6) is 11.5 Å². The minimum Gasteiger partial charge on any atom is -0.493 e. The fourth-order valence-corrected chi connectivity index (χ4v) is 4.43. The van der Waals surface area contributed by atoms with Gasteiger partial charge in [-0.15, -0.1) is 12.4 Å². The Morgan fingerprint density at radius 1 is 1.10 bits per heavy atom. The number of esters is 1. The molecule has 1 aromatic rings. The lowest BCUT2D eigenvalue weighted by atomic mass is 9.89. The van der Waals surface area contributed by atoms with E-state index in [1.54, 1.807) is 26.4 Å². The lowest BCUT2D eigenvalue weighted by Gasteiger charge is -2.29. The van der Waals surface area contributed by atoms with Crippen LogP contribution in [0.4, 0.5) is 0 Å². The number of amides is 1. The van der Waals surface area contributed by atoms with Crippen LogP contribution >= 0.6 is 12.4 Å². The SMILES string of the molecule is COC(=O)CC(NC(=O)CC1CC2CCC(C1)N2)c1ccc(OC)c(OC)c1.Cl. The van der Waals surface area contributed by atoms with Gasteiger partial charge < -0.3 is 24.8 Å². The van der Waals surface area contributed by atoms with E-state index in [1.807, 2.05) is 6.07 Å². The van der Waals surface area contributed by atoms with E-state index in [1.165, 1.54) is 20.0 Å². The van der Waals surface area contributed by atoms with E-state index in [9.17, 15) is 9.59 Å². The van der Waals surface area contributed by atoms with Crippen LogP contribution in [0.15, 0.2) is 18.2 Å². The number of rotatable bonds is 8. The van der Waals surface area contributed by atoms with Gasteiger partial charge in [0.2, 0.25) is 5.91 Å². The Hall–Kier alpha value is -1.99. The molecule has 29 heavy (non-hydrogen) atoms. The highest BCUT2D eigenvalue weighted by molar-refractivity contribution is 5.85. The van der Waals surface area contributed by atoms with Crippen molar-refractivity contribution in [1.82, 2.24) is 10.6 Å². The van der Waals surface area contributed by atoms with Crippen LogP contribution in [0.1, 0.15) is 50.1 Å². The maximum atomic E-state index is 12.7. The highest BCUT2D eigenvalue weighted by atomic mass is 35.5. The number of methoxy groups -OCH3 is 3. The summed E-state index contributed by atoms with van der Waals surface area (Å²) in [5.41, 5.74) is 0.779. The Kier molecular flexibility index (Phi) is 8.59. The predicted molar refractivity (Wildman–Crippen MR) is 112 cm³/mol. The molecule has 2 fully saturated rings. The van der Waals surface area contributed by atoms with E-state index in [4.69, 9.17) is 14.2 Å². The Bertz CT molecular complexity index is 702. The van der Waals surface area contributed by atoms with Gasteiger partial charge in [0.05, 0.1) is 33.8 Å². The number of fused-ring (bicyclic) bond motifs is 2. The molecule has 3 unspecified atom stereocenters. The number of nitrogens with one attached hydrogen (secondary N) is 2. The first kappa shape index (κ1) is 23.3. The normalized spacial score (nSPS) is 23.5. The lowest BCUT2D eigenvalue weighted by Crippen LogP contribution is -2.40. The molecule has 2 aliphatic heterocycles. The molecular formula is C21H31ClN2O5. The average molecular weight is 427 g/mol. The zero-order valence-corrected chi connectivity index (χ0v) is 18.1. The number of carbonyl (C=O) groups is 2. The van der Waals surface area contributed by atoms with Gasteiger partial charge in [0.25, 0.3) is 0 Å². The topological polar surface area (TPSA) is 85.9 Å². The summed E-state index contributed by atoms with van der Waals surface area (Å²) in [7, 11) is 4.47. The lowest BCUT2D eigenvalue weighted by molar-refractivity contribution is -0.141. The molecule has 2 saturated heterocycles. The molecule has 7 nitrogen and oxygen atoms in total. The van der Waals surface area contributed by atoms with E-state index in [-0.39, 0.29) is 30.7 Å². The van der Waals surface area contributed by atoms with Crippen LogP contribution in [-0.2, 0) is 14.3 Å². The summed E-state index contributed by atoms with van der Waals surface area (Å²) >= 11 is 0. The minimum atomic E-state index is -0.474. The fraction of sp³-hybridized carbons (Fsp3) is 0.619. The van der Waals surface area contributed by atoms with Crippen molar-refractivity contribution in [1.29, 1.82) is 0 Å². The van der Waals surface area contributed by atoms with Gasteiger partial charge in [-0.1, -0.05) is 6.07 Å². The first-order valence-corrected chi connectivity index (χ1v) is 9.86. The van der Waals surface area contributed by atoms with Crippen molar-refractivity contribution in [3.63, 3.8) is 0 Å². The van der Waals surface area contributed by atoms with Crippen molar-refractivity contribution in [2.75, 3.05) is 21.3 Å². The summed E-state index contributed by atoms with van der Waals surface area (Å²) in [6.07, 6.45) is 5.05. The number of piperidine rings is 1. The number of hydrogen-bond acceptors (Lipinski definition) is 6. The molecule has 0 spiro atoms. The Balaban J connectivity index is 0.00000300. The minimum absolute atomic E-state index is 0. The Morgan fingerprint density at radius 3 is 2.34 bits per heavy atom. The van der Waals surface area contributed by atoms with Crippen LogP contribution in [0, 0.1) is 5.92 Å². The molecule has 3 rings (SSSR count). The molecule has 2 aliphatic rings. The van der Waals surface area contributed by atoms with Gasteiger partial charge in [0.15, 0.2) is 11.5 Å². The molecular weight excluding hydrogens is 396 g/mol. The van der Waals surface area contributed by atoms with Crippen molar-refractivity contribution < 1.29 is 23.8 Å². The number of hydrogen-bond donors (Lipinski definition) is 2. The van der Waals surface area contributed by atoms with Crippen molar-refractivity contribution >= 4 is 24.3 Å². The van der Waals surface area contributed by atoms with E-state index >= 15 is 0 Å². The highest BCUT2D eigenvalue weighted by Gasteiger charge is 2.34. The van der Waals surface area contributed by atoms with E-state index in [0.717, 1.165) is 18.4 Å².